The highest BCUT2D eigenvalue weighted by molar-refractivity contribution is 4.86. The molecule has 1 rings (SSSR count). The van der Waals surface area contributed by atoms with Crippen molar-refractivity contribution in [1.29, 1.82) is 0 Å². The van der Waals surface area contributed by atoms with Crippen molar-refractivity contribution < 1.29 is 0 Å². The first kappa shape index (κ1) is 16.0. The highest BCUT2D eigenvalue weighted by Gasteiger charge is 2.28. The van der Waals surface area contributed by atoms with E-state index in [0.29, 0.717) is 11.5 Å². The second-order valence-corrected chi connectivity index (χ2v) is 7.36. The Labute approximate surface area is 115 Å². The van der Waals surface area contributed by atoms with Crippen LogP contribution in [0, 0.1) is 11.3 Å². The van der Waals surface area contributed by atoms with Crippen molar-refractivity contribution in [3.63, 3.8) is 0 Å². The van der Waals surface area contributed by atoms with Gasteiger partial charge in [-0.1, -0.05) is 41.0 Å². The quantitative estimate of drug-likeness (QED) is 0.807. The van der Waals surface area contributed by atoms with Crippen LogP contribution in [0.4, 0.5) is 0 Å². The summed E-state index contributed by atoms with van der Waals surface area (Å²) in [6, 6.07) is 1.43. The Morgan fingerprint density at radius 1 is 1.22 bits per heavy atom. The minimum absolute atomic E-state index is 0.389. The van der Waals surface area contributed by atoms with Gasteiger partial charge in [0.2, 0.25) is 0 Å². The van der Waals surface area contributed by atoms with Gasteiger partial charge in [-0.25, -0.2) is 0 Å². The Balaban J connectivity index is 2.51. The maximum atomic E-state index is 3.79. The van der Waals surface area contributed by atoms with Crippen LogP contribution in [0.1, 0.15) is 60.8 Å². The lowest BCUT2D eigenvalue weighted by Gasteiger charge is -2.41. The summed E-state index contributed by atoms with van der Waals surface area (Å²) in [6.07, 6.45) is 3.95. The third-order valence-corrected chi connectivity index (χ3v) is 4.28. The number of rotatable bonds is 5. The van der Waals surface area contributed by atoms with Crippen molar-refractivity contribution in [3.8, 4) is 0 Å². The van der Waals surface area contributed by atoms with E-state index in [0.717, 1.165) is 18.5 Å². The lowest BCUT2D eigenvalue weighted by atomic mass is 9.89. The molecule has 0 radical (unpaired) electrons. The summed E-state index contributed by atoms with van der Waals surface area (Å²) >= 11 is 0. The molecule has 1 fully saturated rings. The third kappa shape index (κ3) is 5.27. The summed E-state index contributed by atoms with van der Waals surface area (Å²) < 4.78 is 0. The molecule has 1 N–H and O–H groups in total. The van der Waals surface area contributed by atoms with Gasteiger partial charge in [0, 0.05) is 31.7 Å². The fraction of sp³-hybridized carbons (Fsp3) is 1.00. The topological polar surface area (TPSA) is 15.3 Å². The number of nitrogens with zero attached hydrogens (tertiary/aromatic N) is 1. The first-order valence-electron chi connectivity index (χ1n) is 7.83. The molecule has 1 heterocycles. The van der Waals surface area contributed by atoms with E-state index >= 15 is 0 Å². The SMILES string of the molecule is CCC1CC(NCC(C)(C)C)CN(C(C)CC)C1. The number of hydrogen-bond donors (Lipinski definition) is 1. The van der Waals surface area contributed by atoms with E-state index in [1.54, 1.807) is 0 Å². The molecule has 0 saturated carbocycles. The van der Waals surface area contributed by atoms with Crippen LogP contribution in [0.2, 0.25) is 0 Å². The summed E-state index contributed by atoms with van der Waals surface area (Å²) in [7, 11) is 0. The average molecular weight is 254 g/mol. The van der Waals surface area contributed by atoms with E-state index < -0.39 is 0 Å². The highest BCUT2D eigenvalue weighted by atomic mass is 15.2. The first-order chi connectivity index (χ1) is 8.35. The van der Waals surface area contributed by atoms with Crippen LogP contribution in [0.25, 0.3) is 0 Å². The van der Waals surface area contributed by atoms with E-state index in [4.69, 9.17) is 0 Å². The summed E-state index contributed by atoms with van der Waals surface area (Å²) in [5.74, 6) is 0.880. The molecule has 18 heavy (non-hydrogen) atoms. The largest absolute Gasteiger partial charge is 0.312 e. The molecule has 0 aromatic heterocycles. The van der Waals surface area contributed by atoms with Gasteiger partial charge in [0.1, 0.15) is 0 Å². The zero-order chi connectivity index (χ0) is 13.8. The van der Waals surface area contributed by atoms with Gasteiger partial charge in [0.05, 0.1) is 0 Å². The molecule has 3 unspecified atom stereocenters. The molecular formula is C16H34N2. The molecule has 0 aromatic rings. The third-order valence-electron chi connectivity index (χ3n) is 4.28. The predicted octanol–water partition coefficient (Wildman–Crippen LogP) is 3.52. The van der Waals surface area contributed by atoms with Crippen LogP contribution in [0.15, 0.2) is 0 Å². The van der Waals surface area contributed by atoms with Gasteiger partial charge in [-0.05, 0) is 31.1 Å². The van der Waals surface area contributed by atoms with Crippen LogP contribution in [0.5, 0.6) is 0 Å². The van der Waals surface area contributed by atoms with Crippen molar-refractivity contribution in [2.24, 2.45) is 11.3 Å². The second kappa shape index (κ2) is 6.91. The number of likely N-dealkylation sites (tertiary alicyclic amines) is 1. The van der Waals surface area contributed by atoms with Gasteiger partial charge >= 0.3 is 0 Å². The van der Waals surface area contributed by atoms with Crippen LogP contribution < -0.4 is 5.32 Å². The fourth-order valence-electron chi connectivity index (χ4n) is 2.75. The molecule has 0 aromatic carbocycles. The molecule has 1 saturated heterocycles. The van der Waals surface area contributed by atoms with Gasteiger partial charge in [-0.3, -0.25) is 4.90 Å². The maximum absolute atomic E-state index is 3.79. The van der Waals surface area contributed by atoms with E-state index in [1.807, 2.05) is 0 Å². The molecule has 3 atom stereocenters. The Morgan fingerprint density at radius 2 is 1.89 bits per heavy atom. The van der Waals surface area contributed by atoms with Crippen molar-refractivity contribution in [3.05, 3.63) is 0 Å². The van der Waals surface area contributed by atoms with Gasteiger partial charge in [0.15, 0.2) is 0 Å². The normalized spacial score (nSPS) is 28.3. The Morgan fingerprint density at radius 3 is 2.39 bits per heavy atom. The van der Waals surface area contributed by atoms with Crippen molar-refractivity contribution >= 4 is 0 Å². The van der Waals surface area contributed by atoms with E-state index in [-0.39, 0.29) is 0 Å². The minimum Gasteiger partial charge on any atom is -0.312 e. The van der Waals surface area contributed by atoms with Gasteiger partial charge < -0.3 is 5.32 Å². The molecule has 0 aliphatic carbocycles. The maximum Gasteiger partial charge on any atom is 0.0198 e. The molecule has 1 aliphatic rings. The smallest absolute Gasteiger partial charge is 0.0198 e. The van der Waals surface area contributed by atoms with Crippen LogP contribution in [0.3, 0.4) is 0 Å². The average Bonchev–Trinajstić information content (AvgIpc) is 2.34. The van der Waals surface area contributed by atoms with Crippen LogP contribution in [-0.4, -0.2) is 36.6 Å². The predicted molar refractivity (Wildman–Crippen MR) is 81.0 cm³/mol. The minimum atomic E-state index is 0.389. The Kier molecular flexibility index (Phi) is 6.13. The molecule has 0 bridgehead atoms. The van der Waals surface area contributed by atoms with Crippen molar-refractivity contribution in [2.45, 2.75) is 72.9 Å². The molecule has 0 spiro atoms. The first-order valence-corrected chi connectivity index (χ1v) is 7.83. The molecule has 0 amide bonds. The zero-order valence-electron chi connectivity index (χ0n) is 13.4. The summed E-state index contributed by atoms with van der Waals surface area (Å²) in [6.45, 7) is 17.6. The lowest BCUT2D eigenvalue weighted by Crippen LogP contribution is -2.53. The molecule has 1 aliphatic heterocycles. The molecule has 108 valence electrons. The molecule has 2 nitrogen and oxygen atoms in total. The van der Waals surface area contributed by atoms with Crippen molar-refractivity contribution in [1.82, 2.24) is 10.2 Å². The standard InChI is InChI=1S/C16H34N2/c1-7-13(3)18-10-14(8-2)9-15(11-18)17-12-16(4,5)6/h13-15,17H,7-12H2,1-6H3. The summed E-state index contributed by atoms with van der Waals surface area (Å²) in [5, 5.41) is 3.79. The Bertz CT molecular complexity index is 232. The van der Waals surface area contributed by atoms with E-state index in [9.17, 15) is 0 Å². The van der Waals surface area contributed by atoms with Crippen LogP contribution >= 0.6 is 0 Å². The number of nitrogens with one attached hydrogen (secondary N) is 1. The van der Waals surface area contributed by atoms with Crippen LogP contribution in [-0.2, 0) is 0 Å². The number of piperidine rings is 1. The van der Waals surface area contributed by atoms with Gasteiger partial charge in [-0.2, -0.15) is 0 Å². The lowest BCUT2D eigenvalue weighted by molar-refractivity contribution is 0.0968. The van der Waals surface area contributed by atoms with E-state index in [2.05, 4.69) is 51.8 Å². The summed E-state index contributed by atoms with van der Waals surface area (Å²) in [4.78, 5) is 2.69. The van der Waals surface area contributed by atoms with Gasteiger partial charge in [0.25, 0.3) is 0 Å². The van der Waals surface area contributed by atoms with Crippen molar-refractivity contribution in [2.75, 3.05) is 19.6 Å². The Hall–Kier alpha value is -0.0800. The fourth-order valence-corrected chi connectivity index (χ4v) is 2.75. The summed E-state index contributed by atoms with van der Waals surface area (Å²) in [5.41, 5.74) is 0.389. The molecule has 2 heteroatoms. The second-order valence-electron chi connectivity index (χ2n) is 7.36. The number of hydrogen-bond acceptors (Lipinski definition) is 2. The van der Waals surface area contributed by atoms with Gasteiger partial charge in [-0.15, -0.1) is 0 Å². The molecular weight excluding hydrogens is 220 g/mol. The monoisotopic (exact) mass is 254 g/mol. The van der Waals surface area contributed by atoms with E-state index in [1.165, 1.54) is 32.4 Å². The highest BCUT2D eigenvalue weighted by Crippen LogP contribution is 2.23. The zero-order valence-corrected chi connectivity index (χ0v) is 13.4.